The van der Waals surface area contributed by atoms with Crippen LogP contribution in [0.25, 0.3) is 0 Å². The van der Waals surface area contributed by atoms with E-state index in [1.807, 2.05) is 12.1 Å². The van der Waals surface area contributed by atoms with Crippen LogP contribution in [0.5, 0.6) is 5.75 Å². The predicted octanol–water partition coefficient (Wildman–Crippen LogP) is 2.62. The van der Waals surface area contributed by atoms with Gasteiger partial charge in [0.1, 0.15) is 17.9 Å². The molecule has 1 atom stereocenters. The second kappa shape index (κ2) is 11.5. The number of carboxylic acids is 2. The van der Waals surface area contributed by atoms with Crippen molar-refractivity contribution in [2.24, 2.45) is 5.73 Å². The molecule has 2 aromatic rings. The topological polar surface area (TPSA) is 147 Å². The Hall–Kier alpha value is -3.15. The van der Waals surface area contributed by atoms with Gasteiger partial charge in [-0.2, -0.15) is 5.26 Å². The first-order valence-corrected chi connectivity index (χ1v) is 8.19. The summed E-state index contributed by atoms with van der Waals surface area (Å²) in [6.07, 6.45) is 4.84. The molecular weight excluding hydrogens is 374 g/mol. The largest absolute Gasteiger partial charge is 0.484 e. The van der Waals surface area contributed by atoms with Gasteiger partial charge >= 0.3 is 11.9 Å². The molecule has 0 amide bonds. The summed E-state index contributed by atoms with van der Waals surface area (Å²) in [5.41, 5.74) is 7.00. The molecule has 0 saturated carbocycles. The highest BCUT2D eigenvalue weighted by Gasteiger charge is 2.15. The van der Waals surface area contributed by atoms with E-state index in [-0.39, 0.29) is 6.10 Å². The Morgan fingerprint density at radius 3 is 2.52 bits per heavy atom. The summed E-state index contributed by atoms with van der Waals surface area (Å²) < 4.78 is 6.00. The molecule has 0 aliphatic rings. The first-order chi connectivity index (χ1) is 12.9. The van der Waals surface area contributed by atoms with Crippen LogP contribution in [0.2, 0.25) is 5.02 Å². The minimum Gasteiger partial charge on any atom is -0.484 e. The van der Waals surface area contributed by atoms with Gasteiger partial charge < -0.3 is 20.7 Å². The molecule has 1 unspecified atom stereocenters. The van der Waals surface area contributed by atoms with Gasteiger partial charge in [-0.1, -0.05) is 17.7 Å². The van der Waals surface area contributed by atoms with E-state index in [9.17, 15) is 0 Å². The molecule has 0 bridgehead atoms. The number of nitrogens with two attached hydrogens (primary N) is 1. The number of halogens is 1. The summed E-state index contributed by atoms with van der Waals surface area (Å²) >= 11 is 5.99. The van der Waals surface area contributed by atoms with E-state index in [1.165, 1.54) is 0 Å². The molecule has 1 aromatic heterocycles. The average Bonchev–Trinajstić information content (AvgIpc) is 2.66. The number of aliphatic carboxylic acids is 2. The summed E-state index contributed by atoms with van der Waals surface area (Å²) in [5, 5.41) is 24.5. The molecule has 142 valence electrons. The van der Waals surface area contributed by atoms with Gasteiger partial charge in [0.05, 0.1) is 5.56 Å². The molecule has 27 heavy (non-hydrogen) atoms. The highest BCUT2D eigenvalue weighted by molar-refractivity contribution is 6.30. The predicted molar refractivity (Wildman–Crippen MR) is 97.3 cm³/mol. The van der Waals surface area contributed by atoms with Gasteiger partial charge in [-0.25, -0.2) is 9.59 Å². The number of carboxylic acid groups (broad SMARTS) is 2. The SMILES string of the molecule is N#Cc1ccc(Cl)cc1OC(CCCN)c1cccnc1.O=C(O)C(=O)O. The molecular formula is C18H18ClN3O5. The van der Waals surface area contributed by atoms with Crippen LogP contribution in [0, 0.1) is 11.3 Å². The second-order valence-corrected chi connectivity index (χ2v) is 5.62. The van der Waals surface area contributed by atoms with Crippen LogP contribution in [0.15, 0.2) is 42.7 Å². The van der Waals surface area contributed by atoms with Crippen LogP contribution in [0.3, 0.4) is 0 Å². The number of aromatic nitrogens is 1. The van der Waals surface area contributed by atoms with Gasteiger partial charge in [-0.05, 0) is 37.6 Å². The van der Waals surface area contributed by atoms with Crippen molar-refractivity contribution in [2.75, 3.05) is 6.54 Å². The lowest BCUT2D eigenvalue weighted by atomic mass is 10.1. The third-order valence-corrected chi connectivity index (χ3v) is 3.48. The number of carbonyl (C=O) groups is 2. The quantitative estimate of drug-likeness (QED) is 0.636. The number of nitriles is 1. The van der Waals surface area contributed by atoms with Gasteiger partial charge in [0.25, 0.3) is 0 Å². The molecule has 4 N–H and O–H groups in total. The van der Waals surface area contributed by atoms with Crippen molar-refractivity contribution in [3.63, 3.8) is 0 Å². The van der Waals surface area contributed by atoms with Crippen molar-refractivity contribution in [3.05, 3.63) is 58.9 Å². The number of rotatable bonds is 6. The van der Waals surface area contributed by atoms with Crippen LogP contribution >= 0.6 is 11.6 Å². The Balaban J connectivity index is 0.000000527. The van der Waals surface area contributed by atoms with Crippen LogP contribution in [-0.4, -0.2) is 33.7 Å². The second-order valence-electron chi connectivity index (χ2n) is 5.19. The smallest absolute Gasteiger partial charge is 0.414 e. The summed E-state index contributed by atoms with van der Waals surface area (Å²) in [6.45, 7) is 0.584. The molecule has 0 radical (unpaired) electrons. The maximum Gasteiger partial charge on any atom is 0.414 e. The van der Waals surface area contributed by atoms with Crippen LogP contribution < -0.4 is 10.5 Å². The fourth-order valence-electron chi connectivity index (χ4n) is 2.00. The third kappa shape index (κ3) is 7.73. The van der Waals surface area contributed by atoms with Crippen molar-refractivity contribution < 1.29 is 24.5 Å². The zero-order valence-electron chi connectivity index (χ0n) is 14.2. The van der Waals surface area contributed by atoms with Gasteiger partial charge in [-0.15, -0.1) is 0 Å². The van der Waals surface area contributed by atoms with E-state index in [2.05, 4.69) is 11.1 Å². The van der Waals surface area contributed by atoms with Gasteiger partial charge in [-0.3, -0.25) is 4.98 Å². The van der Waals surface area contributed by atoms with Crippen molar-refractivity contribution >= 4 is 23.5 Å². The number of nitrogens with zero attached hydrogens (tertiary/aromatic N) is 2. The Morgan fingerprint density at radius 2 is 2.00 bits per heavy atom. The maximum absolute atomic E-state index is 9.16. The highest BCUT2D eigenvalue weighted by atomic mass is 35.5. The first-order valence-electron chi connectivity index (χ1n) is 7.81. The summed E-state index contributed by atoms with van der Waals surface area (Å²) in [4.78, 5) is 22.3. The van der Waals surface area contributed by atoms with Gasteiger partial charge in [0, 0.05) is 29.0 Å². The van der Waals surface area contributed by atoms with Gasteiger partial charge in [0.2, 0.25) is 0 Å². The molecule has 0 aliphatic carbocycles. The number of pyridine rings is 1. The molecule has 0 saturated heterocycles. The molecule has 0 aliphatic heterocycles. The summed E-state index contributed by atoms with van der Waals surface area (Å²) in [5.74, 6) is -3.17. The zero-order chi connectivity index (χ0) is 20.2. The zero-order valence-corrected chi connectivity index (χ0v) is 15.0. The van der Waals surface area contributed by atoms with Crippen LogP contribution in [0.1, 0.15) is 30.1 Å². The molecule has 9 heteroatoms. The van der Waals surface area contributed by atoms with E-state index in [0.717, 1.165) is 18.4 Å². The Labute approximate surface area is 160 Å². The molecule has 0 spiro atoms. The van der Waals surface area contributed by atoms with Crippen molar-refractivity contribution in [2.45, 2.75) is 18.9 Å². The minimum atomic E-state index is -1.82. The van der Waals surface area contributed by atoms with E-state index in [1.54, 1.807) is 30.6 Å². The normalized spacial score (nSPS) is 10.7. The van der Waals surface area contributed by atoms with E-state index in [0.29, 0.717) is 22.9 Å². The standard InChI is InChI=1S/C16H16ClN3O.C2H2O4/c17-14-6-5-12(10-19)16(9-14)21-15(4-1-7-18)13-3-2-8-20-11-13;3-1(4)2(5)6/h2-3,5-6,8-9,11,15H,1,4,7,18H2;(H,3,4)(H,5,6). The Morgan fingerprint density at radius 1 is 1.30 bits per heavy atom. The Kier molecular flexibility index (Phi) is 9.29. The third-order valence-electron chi connectivity index (χ3n) is 3.24. The lowest BCUT2D eigenvalue weighted by Gasteiger charge is -2.20. The minimum absolute atomic E-state index is 0.201. The van der Waals surface area contributed by atoms with Crippen molar-refractivity contribution in [3.8, 4) is 11.8 Å². The van der Waals surface area contributed by atoms with E-state index >= 15 is 0 Å². The summed E-state index contributed by atoms with van der Waals surface area (Å²) in [6, 6.07) is 10.9. The number of hydrogen-bond acceptors (Lipinski definition) is 6. The average molecular weight is 392 g/mol. The molecule has 2 rings (SSSR count). The lowest BCUT2D eigenvalue weighted by Crippen LogP contribution is -2.11. The number of ether oxygens (including phenoxy) is 1. The molecule has 0 fully saturated rings. The number of hydrogen-bond donors (Lipinski definition) is 3. The first kappa shape index (κ1) is 21.9. The molecule has 8 nitrogen and oxygen atoms in total. The molecule has 1 heterocycles. The Bertz CT molecular complexity index is 796. The maximum atomic E-state index is 9.16. The van der Waals surface area contributed by atoms with Crippen LogP contribution in [0.4, 0.5) is 0 Å². The van der Waals surface area contributed by atoms with Gasteiger partial charge in [0.15, 0.2) is 0 Å². The number of benzene rings is 1. The van der Waals surface area contributed by atoms with Crippen molar-refractivity contribution in [1.82, 2.24) is 4.98 Å². The fraction of sp³-hybridized carbons (Fsp3) is 0.222. The monoisotopic (exact) mass is 391 g/mol. The van der Waals surface area contributed by atoms with E-state index < -0.39 is 11.9 Å². The summed E-state index contributed by atoms with van der Waals surface area (Å²) in [7, 11) is 0. The molecule has 1 aromatic carbocycles. The lowest BCUT2D eigenvalue weighted by molar-refractivity contribution is -0.159. The fourth-order valence-corrected chi connectivity index (χ4v) is 2.16. The highest BCUT2D eigenvalue weighted by Crippen LogP contribution is 2.30. The van der Waals surface area contributed by atoms with Crippen LogP contribution in [-0.2, 0) is 9.59 Å². The van der Waals surface area contributed by atoms with E-state index in [4.69, 9.17) is 47.1 Å². The van der Waals surface area contributed by atoms with Crippen molar-refractivity contribution in [1.29, 1.82) is 5.26 Å².